The standard InChI is InChI=1S/C74H130NO8P/c1-6-8-10-12-14-16-18-20-22-24-26-28-30-32-34-36-37-39-40-42-44-46-48-50-52-54-56-58-60-62-64-66-73(76)80-70-72(71-82-84(78,79)81-69-68-75(3,4)5)83-74(77)67-65-63-61-59-57-55-53-51-49-47-45-43-41-38-35-33-31-29-27-25-23-21-19-17-15-13-11-9-7-2/h9,11,15,17,21,23-24,26-27,29,33,35,41,43,47,49,53,55,72H,6-8,10,12-14,16,18-20,22,25,28,30-32,34,36-40,42,44-46,48,50-52,54,56-71H2,1-5H3/p+1/b11-9-,17-15-,23-21-,26-24-,29-27-,35-33-,43-41-,49-47-,55-53-. The van der Waals surface area contributed by atoms with Gasteiger partial charge >= 0.3 is 19.8 Å². The summed E-state index contributed by atoms with van der Waals surface area (Å²) in [4.78, 5) is 35.9. The number of nitrogens with zero attached hydrogens (tertiary/aromatic N) is 1. The summed E-state index contributed by atoms with van der Waals surface area (Å²) < 4.78 is 34.7. The van der Waals surface area contributed by atoms with Crippen molar-refractivity contribution in [1.29, 1.82) is 0 Å². The van der Waals surface area contributed by atoms with Crippen molar-refractivity contribution in [2.75, 3.05) is 47.5 Å². The second-order valence-electron chi connectivity index (χ2n) is 24.2. The summed E-state index contributed by atoms with van der Waals surface area (Å²) in [5.74, 6) is -0.823. The maximum Gasteiger partial charge on any atom is 0.472 e. The van der Waals surface area contributed by atoms with E-state index < -0.39 is 26.5 Å². The topological polar surface area (TPSA) is 108 Å². The summed E-state index contributed by atoms with van der Waals surface area (Å²) >= 11 is 0. The molecule has 0 aliphatic carbocycles. The van der Waals surface area contributed by atoms with Crippen molar-refractivity contribution in [3.63, 3.8) is 0 Å². The van der Waals surface area contributed by atoms with Gasteiger partial charge in [-0.2, -0.15) is 0 Å². The largest absolute Gasteiger partial charge is 0.472 e. The van der Waals surface area contributed by atoms with E-state index >= 15 is 0 Å². The Morgan fingerprint density at radius 1 is 0.381 bits per heavy atom. The van der Waals surface area contributed by atoms with Crippen LogP contribution < -0.4 is 0 Å². The van der Waals surface area contributed by atoms with Gasteiger partial charge in [0.1, 0.15) is 19.8 Å². The summed E-state index contributed by atoms with van der Waals surface area (Å²) in [6, 6.07) is 0. The van der Waals surface area contributed by atoms with Crippen LogP contribution in [-0.4, -0.2) is 74.9 Å². The number of phosphoric ester groups is 1. The molecule has 2 unspecified atom stereocenters. The fourth-order valence-corrected chi connectivity index (χ4v) is 10.2. The Balaban J connectivity index is 4.12. The number of quaternary nitrogens is 1. The SMILES string of the molecule is CC/C=C\C/C=C\C/C=C\C/C=C\C/C=C\C/C=C\C/C=C\C/C=C\CCCCCCC(=O)OC(COC(=O)CCCCCCCCCCCCCCCCCCCCC/C=C\CCCCCCCCCC)COP(=O)(O)OCC[N+](C)(C)C. The molecule has 0 radical (unpaired) electrons. The number of carbonyl (C=O) groups is 2. The number of carbonyl (C=O) groups excluding carboxylic acids is 2. The number of phosphoric acid groups is 1. The minimum Gasteiger partial charge on any atom is -0.462 e. The van der Waals surface area contributed by atoms with Crippen molar-refractivity contribution in [2.45, 2.75) is 302 Å². The van der Waals surface area contributed by atoms with Crippen molar-refractivity contribution >= 4 is 19.8 Å². The first-order valence-electron chi connectivity index (χ1n) is 34.6. The fourth-order valence-electron chi connectivity index (χ4n) is 9.50. The molecule has 484 valence electrons. The van der Waals surface area contributed by atoms with E-state index in [2.05, 4.69) is 123 Å². The highest BCUT2D eigenvalue weighted by Crippen LogP contribution is 2.43. The van der Waals surface area contributed by atoms with Crippen LogP contribution in [0.25, 0.3) is 0 Å². The third-order valence-corrected chi connectivity index (χ3v) is 15.8. The van der Waals surface area contributed by atoms with Gasteiger partial charge in [0.25, 0.3) is 0 Å². The van der Waals surface area contributed by atoms with Gasteiger partial charge < -0.3 is 18.9 Å². The maximum atomic E-state index is 12.9. The Hall–Kier alpha value is -3.33. The van der Waals surface area contributed by atoms with Gasteiger partial charge in [0.2, 0.25) is 0 Å². The third-order valence-electron chi connectivity index (χ3n) is 14.8. The number of esters is 2. The van der Waals surface area contributed by atoms with E-state index in [0.29, 0.717) is 17.4 Å². The van der Waals surface area contributed by atoms with Crippen molar-refractivity contribution in [2.24, 2.45) is 0 Å². The molecule has 1 N–H and O–H groups in total. The molecule has 9 nitrogen and oxygen atoms in total. The number of hydrogen-bond donors (Lipinski definition) is 1. The minimum atomic E-state index is -4.41. The van der Waals surface area contributed by atoms with Gasteiger partial charge in [-0.1, -0.05) is 290 Å². The van der Waals surface area contributed by atoms with E-state index in [0.717, 1.165) is 96.3 Å². The van der Waals surface area contributed by atoms with Crippen LogP contribution in [0.4, 0.5) is 0 Å². The summed E-state index contributed by atoms with van der Waals surface area (Å²) in [6.07, 6.45) is 90.5. The monoisotopic (exact) mass is 1190 g/mol. The van der Waals surface area contributed by atoms with Gasteiger partial charge in [0.05, 0.1) is 27.7 Å². The molecule has 0 aliphatic rings. The van der Waals surface area contributed by atoms with E-state index in [1.165, 1.54) is 167 Å². The molecular formula is C74H131NO8P+. The maximum absolute atomic E-state index is 12.9. The lowest BCUT2D eigenvalue weighted by molar-refractivity contribution is -0.870. The summed E-state index contributed by atoms with van der Waals surface area (Å²) in [6.45, 7) is 4.31. The molecule has 0 amide bonds. The molecule has 0 saturated carbocycles. The molecule has 0 aromatic heterocycles. The highest BCUT2D eigenvalue weighted by Gasteiger charge is 2.27. The minimum absolute atomic E-state index is 0.0218. The highest BCUT2D eigenvalue weighted by molar-refractivity contribution is 7.47. The zero-order chi connectivity index (χ0) is 61.2. The average Bonchev–Trinajstić information content (AvgIpc) is 3.61. The first-order chi connectivity index (χ1) is 41.0. The molecule has 0 aromatic rings. The zero-order valence-corrected chi connectivity index (χ0v) is 56.0. The smallest absolute Gasteiger partial charge is 0.462 e. The molecule has 0 rings (SSSR count). The van der Waals surface area contributed by atoms with Crippen LogP contribution >= 0.6 is 7.82 Å². The fraction of sp³-hybridized carbons (Fsp3) is 0.730. The van der Waals surface area contributed by atoms with E-state index in [4.69, 9.17) is 18.5 Å². The van der Waals surface area contributed by atoms with Gasteiger partial charge in [-0.25, -0.2) is 4.57 Å². The van der Waals surface area contributed by atoms with E-state index in [9.17, 15) is 19.0 Å². The number of allylic oxidation sites excluding steroid dienone is 18. The quantitative estimate of drug-likeness (QED) is 0.0211. The Bertz CT molecular complexity index is 1790. The number of unbranched alkanes of at least 4 members (excludes halogenated alkanes) is 31. The van der Waals surface area contributed by atoms with Crippen molar-refractivity contribution in [1.82, 2.24) is 0 Å². The van der Waals surface area contributed by atoms with Crippen molar-refractivity contribution in [3.8, 4) is 0 Å². The van der Waals surface area contributed by atoms with Gasteiger partial charge in [-0.15, -0.1) is 0 Å². The van der Waals surface area contributed by atoms with E-state index in [1.807, 2.05) is 21.1 Å². The molecule has 0 bridgehead atoms. The van der Waals surface area contributed by atoms with Gasteiger partial charge in [-0.05, 0) is 103 Å². The van der Waals surface area contributed by atoms with Crippen LogP contribution in [0.1, 0.15) is 296 Å². The number of hydrogen-bond acceptors (Lipinski definition) is 7. The van der Waals surface area contributed by atoms with Crippen LogP contribution in [0.3, 0.4) is 0 Å². The van der Waals surface area contributed by atoms with Crippen LogP contribution in [0.2, 0.25) is 0 Å². The second-order valence-corrected chi connectivity index (χ2v) is 25.6. The lowest BCUT2D eigenvalue weighted by Gasteiger charge is -2.24. The van der Waals surface area contributed by atoms with E-state index in [1.54, 1.807) is 0 Å². The van der Waals surface area contributed by atoms with Crippen molar-refractivity contribution in [3.05, 3.63) is 109 Å². The lowest BCUT2D eigenvalue weighted by Crippen LogP contribution is -2.37. The Kier molecular flexibility index (Phi) is 61.6. The first-order valence-corrected chi connectivity index (χ1v) is 36.1. The van der Waals surface area contributed by atoms with Crippen molar-refractivity contribution < 1.29 is 42.1 Å². The van der Waals surface area contributed by atoms with Gasteiger partial charge in [0.15, 0.2) is 6.10 Å². The number of rotatable bonds is 63. The van der Waals surface area contributed by atoms with Crippen LogP contribution in [-0.2, 0) is 32.7 Å². The molecule has 84 heavy (non-hydrogen) atoms. The normalized spacial score (nSPS) is 13.8. The van der Waals surface area contributed by atoms with Crippen LogP contribution in [0.15, 0.2) is 109 Å². The lowest BCUT2D eigenvalue weighted by atomic mass is 10.0. The second kappa shape index (κ2) is 64.2. The molecule has 0 saturated heterocycles. The Morgan fingerprint density at radius 2 is 0.679 bits per heavy atom. The Labute approximate surface area is 518 Å². The summed E-state index contributed by atoms with van der Waals surface area (Å²) in [5.41, 5.74) is 0. The molecule has 0 spiro atoms. The molecule has 0 heterocycles. The predicted octanol–water partition coefficient (Wildman–Crippen LogP) is 22.5. The van der Waals surface area contributed by atoms with Crippen LogP contribution in [0.5, 0.6) is 0 Å². The molecule has 0 aromatic carbocycles. The van der Waals surface area contributed by atoms with Gasteiger partial charge in [0, 0.05) is 12.8 Å². The summed E-state index contributed by atoms with van der Waals surface area (Å²) in [5, 5.41) is 0. The number of ether oxygens (including phenoxy) is 2. The predicted molar refractivity (Wildman–Crippen MR) is 362 cm³/mol. The highest BCUT2D eigenvalue weighted by atomic mass is 31.2. The van der Waals surface area contributed by atoms with E-state index in [-0.39, 0.29) is 32.0 Å². The Morgan fingerprint density at radius 3 is 1.02 bits per heavy atom. The molecule has 2 atom stereocenters. The van der Waals surface area contributed by atoms with Crippen LogP contribution in [0, 0.1) is 0 Å². The molecule has 0 aliphatic heterocycles. The first kappa shape index (κ1) is 80.7. The molecule has 10 heteroatoms. The summed E-state index contributed by atoms with van der Waals surface area (Å²) in [7, 11) is 1.45. The zero-order valence-electron chi connectivity index (χ0n) is 55.1. The average molecular weight is 1190 g/mol. The number of likely N-dealkylation sites (N-methyl/N-ethyl adjacent to an activating group) is 1. The molecule has 0 fully saturated rings. The third kappa shape index (κ3) is 67.8. The van der Waals surface area contributed by atoms with Gasteiger partial charge in [-0.3, -0.25) is 18.6 Å². The molecular weight excluding hydrogens is 1060 g/mol.